The van der Waals surface area contributed by atoms with E-state index in [-0.39, 0.29) is 12.1 Å². The Bertz CT molecular complexity index is 928. The molecule has 0 saturated heterocycles. The van der Waals surface area contributed by atoms with Crippen LogP contribution in [-0.2, 0) is 13.0 Å². The van der Waals surface area contributed by atoms with Gasteiger partial charge in [0.25, 0.3) is 0 Å². The molecule has 7 nitrogen and oxygen atoms in total. The summed E-state index contributed by atoms with van der Waals surface area (Å²) in [7, 11) is 0. The van der Waals surface area contributed by atoms with Gasteiger partial charge in [0.15, 0.2) is 5.82 Å². The van der Waals surface area contributed by atoms with Gasteiger partial charge in [-0.3, -0.25) is 0 Å². The molecule has 0 spiro atoms. The van der Waals surface area contributed by atoms with Gasteiger partial charge in [0.05, 0.1) is 6.54 Å². The lowest BCUT2D eigenvalue weighted by molar-refractivity contribution is 0.219. The van der Waals surface area contributed by atoms with Gasteiger partial charge in [0, 0.05) is 24.2 Å². The Labute approximate surface area is 157 Å². The standard InChI is InChI=1S/C20H21N5O2/c1-2-25-13-22-24-19(25)15-7-5-8-16(10-15)23-20(26)21-12-17-11-14-6-3-4-9-18(14)27-17/h3-10,13,17H,2,11-12H2,1H3,(H2,21,23,26)/t17-/m0/s1. The van der Waals surface area contributed by atoms with Crippen LogP contribution in [0, 0.1) is 0 Å². The van der Waals surface area contributed by atoms with Crippen LogP contribution in [0.15, 0.2) is 54.9 Å². The molecule has 0 unspecified atom stereocenters. The molecule has 0 radical (unpaired) electrons. The van der Waals surface area contributed by atoms with Gasteiger partial charge in [-0.25, -0.2) is 4.79 Å². The number of aryl methyl sites for hydroxylation is 1. The summed E-state index contributed by atoms with van der Waals surface area (Å²) in [6.45, 7) is 3.26. The molecule has 2 heterocycles. The average Bonchev–Trinajstić information content (AvgIpc) is 3.32. The largest absolute Gasteiger partial charge is 0.488 e. The highest BCUT2D eigenvalue weighted by atomic mass is 16.5. The minimum atomic E-state index is -0.260. The quantitative estimate of drug-likeness (QED) is 0.730. The molecular formula is C20H21N5O2. The Morgan fingerprint density at radius 3 is 3.00 bits per heavy atom. The second kappa shape index (κ2) is 7.49. The summed E-state index contributed by atoms with van der Waals surface area (Å²) >= 11 is 0. The lowest BCUT2D eigenvalue weighted by atomic mass is 10.1. The molecule has 1 aliphatic heterocycles. The molecule has 0 saturated carbocycles. The first-order chi connectivity index (χ1) is 13.2. The summed E-state index contributed by atoms with van der Waals surface area (Å²) in [6.07, 6.45) is 2.46. The SMILES string of the molecule is CCn1cnnc1-c1cccc(NC(=O)NC[C@@H]2Cc3ccccc3O2)c1. The van der Waals surface area contributed by atoms with E-state index in [4.69, 9.17) is 4.74 Å². The number of aromatic nitrogens is 3. The number of amides is 2. The van der Waals surface area contributed by atoms with E-state index in [1.165, 1.54) is 5.56 Å². The monoisotopic (exact) mass is 363 g/mol. The number of para-hydroxylation sites is 1. The summed E-state index contributed by atoms with van der Waals surface area (Å²) in [5.74, 6) is 1.68. The minimum absolute atomic E-state index is 0.0393. The molecule has 2 N–H and O–H groups in total. The highest BCUT2D eigenvalue weighted by Crippen LogP contribution is 2.27. The van der Waals surface area contributed by atoms with E-state index in [1.54, 1.807) is 6.33 Å². The number of ether oxygens (including phenoxy) is 1. The van der Waals surface area contributed by atoms with Crippen molar-refractivity contribution in [3.05, 3.63) is 60.4 Å². The number of nitrogens with one attached hydrogen (secondary N) is 2. The van der Waals surface area contributed by atoms with Crippen molar-refractivity contribution >= 4 is 11.7 Å². The van der Waals surface area contributed by atoms with Gasteiger partial charge in [0.2, 0.25) is 0 Å². The zero-order valence-electron chi connectivity index (χ0n) is 15.1. The average molecular weight is 363 g/mol. The van der Waals surface area contributed by atoms with Crippen LogP contribution in [0.25, 0.3) is 11.4 Å². The molecule has 7 heteroatoms. The summed E-state index contributed by atoms with van der Waals surface area (Å²) < 4.78 is 7.79. The maximum Gasteiger partial charge on any atom is 0.319 e. The van der Waals surface area contributed by atoms with Crippen LogP contribution >= 0.6 is 0 Å². The van der Waals surface area contributed by atoms with E-state index in [0.717, 1.165) is 30.1 Å². The van der Waals surface area contributed by atoms with Crippen LogP contribution in [-0.4, -0.2) is 33.4 Å². The summed E-state index contributed by atoms with van der Waals surface area (Å²) in [4.78, 5) is 12.3. The number of nitrogens with zero attached hydrogens (tertiary/aromatic N) is 3. The van der Waals surface area contributed by atoms with Crippen molar-refractivity contribution < 1.29 is 9.53 Å². The summed E-state index contributed by atoms with van der Waals surface area (Å²) in [5.41, 5.74) is 2.78. The molecule has 27 heavy (non-hydrogen) atoms. The number of fused-ring (bicyclic) bond motifs is 1. The van der Waals surface area contributed by atoms with Gasteiger partial charge in [0.1, 0.15) is 18.2 Å². The van der Waals surface area contributed by atoms with Crippen LogP contribution in [0.5, 0.6) is 5.75 Å². The van der Waals surface area contributed by atoms with Crippen molar-refractivity contribution in [1.29, 1.82) is 0 Å². The maximum absolute atomic E-state index is 12.3. The second-order valence-electron chi connectivity index (χ2n) is 6.41. The maximum atomic E-state index is 12.3. The molecule has 2 amide bonds. The number of carbonyl (C=O) groups excluding carboxylic acids is 1. The topological polar surface area (TPSA) is 81.1 Å². The molecule has 3 aromatic rings. The van der Waals surface area contributed by atoms with Gasteiger partial charge in [-0.1, -0.05) is 30.3 Å². The van der Waals surface area contributed by atoms with E-state index < -0.39 is 0 Å². The third-order valence-electron chi connectivity index (χ3n) is 4.54. The fourth-order valence-electron chi connectivity index (χ4n) is 3.20. The molecule has 1 aromatic heterocycles. The third-order valence-corrected chi connectivity index (χ3v) is 4.54. The van der Waals surface area contributed by atoms with E-state index >= 15 is 0 Å². The molecule has 0 bridgehead atoms. The molecule has 0 fully saturated rings. The van der Waals surface area contributed by atoms with Gasteiger partial charge >= 0.3 is 6.03 Å². The molecular weight excluding hydrogens is 342 g/mol. The normalized spacial score (nSPS) is 15.1. The highest BCUT2D eigenvalue weighted by Gasteiger charge is 2.22. The van der Waals surface area contributed by atoms with Crippen LogP contribution in [0.4, 0.5) is 10.5 Å². The molecule has 1 aliphatic rings. The predicted octanol–water partition coefficient (Wildman–Crippen LogP) is 3.09. The van der Waals surface area contributed by atoms with Crippen LogP contribution in [0.3, 0.4) is 0 Å². The number of benzene rings is 2. The first kappa shape index (κ1) is 17.1. The van der Waals surface area contributed by atoms with Gasteiger partial charge in [-0.15, -0.1) is 10.2 Å². The summed E-state index contributed by atoms with van der Waals surface area (Å²) in [6, 6.07) is 15.3. The van der Waals surface area contributed by atoms with Gasteiger partial charge in [-0.2, -0.15) is 0 Å². The van der Waals surface area contributed by atoms with Crippen molar-refractivity contribution in [3.63, 3.8) is 0 Å². The fraction of sp³-hybridized carbons (Fsp3) is 0.250. The number of hydrogen-bond donors (Lipinski definition) is 2. The van der Waals surface area contributed by atoms with Crippen molar-refractivity contribution in [2.24, 2.45) is 0 Å². The lowest BCUT2D eigenvalue weighted by Gasteiger charge is -2.13. The van der Waals surface area contributed by atoms with Crippen molar-refractivity contribution in [1.82, 2.24) is 20.1 Å². The number of anilines is 1. The number of carbonyl (C=O) groups is 1. The van der Waals surface area contributed by atoms with Gasteiger partial charge < -0.3 is 19.9 Å². The number of urea groups is 1. The highest BCUT2D eigenvalue weighted by molar-refractivity contribution is 5.90. The number of rotatable bonds is 5. The zero-order chi connectivity index (χ0) is 18.6. The minimum Gasteiger partial charge on any atom is -0.488 e. The smallest absolute Gasteiger partial charge is 0.319 e. The van der Waals surface area contributed by atoms with E-state index in [0.29, 0.717) is 12.2 Å². The number of hydrogen-bond acceptors (Lipinski definition) is 4. The Kier molecular flexibility index (Phi) is 4.74. The van der Waals surface area contributed by atoms with E-state index in [9.17, 15) is 4.79 Å². The van der Waals surface area contributed by atoms with Crippen molar-refractivity contribution in [2.75, 3.05) is 11.9 Å². The fourth-order valence-corrected chi connectivity index (χ4v) is 3.20. The Balaban J connectivity index is 1.34. The molecule has 1 atom stereocenters. The summed E-state index contributed by atoms with van der Waals surface area (Å²) in [5, 5.41) is 13.8. The van der Waals surface area contributed by atoms with E-state index in [2.05, 4.69) is 26.9 Å². The molecule has 0 aliphatic carbocycles. The van der Waals surface area contributed by atoms with Crippen molar-refractivity contribution in [3.8, 4) is 17.1 Å². The second-order valence-corrected chi connectivity index (χ2v) is 6.41. The predicted molar refractivity (Wildman–Crippen MR) is 103 cm³/mol. The van der Waals surface area contributed by atoms with Crippen LogP contribution in [0.1, 0.15) is 12.5 Å². The van der Waals surface area contributed by atoms with E-state index in [1.807, 2.05) is 54.0 Å². The Hall–Kier alpha value is -3.35. The van der Waals surface area contributed by atoms with Gasteiger partial charge in [-0.05, 0) is 30.7 Å². The lowest BCUT2D eigenvalue weighted by Crippen LogP contribution is -2.37. The van der Waals surface area contributed by atoms with Crippen molar-refractivity contribution in [2.45, 2.75) is 26.0 Å². The molecule has 4 rings (SSSR count). The van der Waals surface area contributed by atoms with Crippen LogP contribution in [0.2, 0.25) is 0 Å². The zero-order valence-corrected chi connectivity index (χ0v) is 15.1. The Morgan fingerprint density at radius 2 is 2.15 bits per heavy atom. The first-order valence-electron chi connectivity index (χ1n) is 9.00. The van der Waals surface area contributed by atoms with Crippen LogP contribution < -0.4 is 15.4 Å². The first-order valence-corrected chi connectivity index (χ1v) is 9.00. The third kappa shape index (κ3) is 3.76. The Morgan fingerprint density at radius 1 is 1.26 bits per heavy atom. The molecule has 138 valence electrons. The molecule has 2 aromatic carbocycles.